The Balaban J connectivity index is 2.17. The number of nitrogens with two attached hydrogens (primary N) is 1. The molecule has 2 aromatic carbocycles. The van der Waals surface area contributed by atoms with Crippen LogP contribution in [0.15, 0.2) is 47.4 Å². The second kappa shape index (κ2) is 6.01. The maximum atomic E-state index is 12.1. The molecule has 0 aliphatic rings. The molecular weight excluding hydrogens is 319 g/mol. The highest BCUT2D eigenvalue weighted by atomic mass is 35.5. The molecule has 0 saturated heterocycles. The van der Waals surface area contributed by atoms with Crippen LogP contribution in [0, 0.1) is 0 Å². The fourth-order valence-corrected chi connectivity index (χ4v) is 3.09. The van der Waals surface area contributed by atoms with E-state index in [1.54, 1.807) is 24.3 Å². The SMILES string of the molecule is Nc1ccc(S(=O)(=O)NCc2cccc(Cl)c2)cc1Cl. The van der Waals surface area contributed by atoms with Crippen LogP contribution in [0.4, 0.5) is 5.69 Å². The Morgan fingerprint density at radius 3 is 2.50 bits per heavy atom. The van der Waals surface area contributed by atoms with Gasteiger partial charge in [-0.15, -0.1) is 0 Å². The average Bonchev–Trinajstić information content (AvgIpc) is 2.40. The fraction of sp³-hybridized carbons (Fsp3) is 0.0769. The molecule has 0 radical (unpaired) electrons. The number of rotatable bonds is 4. The highest BCUT2D eigenvalue weighted by Crippen LogP contribution is 2.22. The maximum absolute atomic E-state index is 12.1. The van der Waals surface area contributed by atoms with E-state index in [1.807, 2.05) is 0 Å². The van der Waals surface area contributed by atoms with Crippen molar-refractivity contribution in [3.8, 4) is 0 Å². The van der Waals surface area contributed by atoms with Crippen LogP contribution in [0.1, 0.15) is 5.56 Å². The Labute approximate surface area is 127 Å². The van der Waals surface area contributed by atoms with Gasteiger partial charge in [-0.25, -0.2) is 13.1 Å². The summed E-state index contributed by atoms with van der Waals surface area (Å²) in [4.78, 5) is 0.0683. The number of anilines is 1. The molecule has 0 amide bonds. The van der Waals surface area contributed by atoms with Gasteiger partial charge in [0, 0.05) is 11.6 Å². The van der Waals surface area contributed by atoms with Gasteiger partial charge in [0.05, 0.1) is 15.6 Å². The molecule has 0 atom stereocenters. The van der Waals surface area contributed by atoms with Crippen LogP contribution in [-0.2, 0) is 16.6 Å². The van der Waals surface area contributed by atoms with Crippen molar-refractivity contribution in [2.45, 2.75) is 11.4 Å². The first-order valence-electron chi connectivity index (χ1n) is 5.67. The molecule has 0 unspecified atom stereocenters. The molecule has 3 N–H and O–H groups in total. The largest absolute Gasteiger partial charge is 0.398 e. The standard InChI is InChI=1S/C13H12Cl2N2O2S/c14-10-3-1-2-9(6-10)8-17-20(18,19)11-4-5-13(16)12(15)7-11/h1-7,17H,8,16H2. The Bertz CT molecular complexity index is 733. The van der Waals surface area contributed by atoms with Gasteiger partial charge in [-0.1, -0.05) is 35.3 Å². The van der Waals surface area contributed by atoms with E-state index in [-0.39, 0.29) is 16.5 Å². The lowest BCUT2D eigenvalue weighted by Crippen LogP contribution is -2.23. The molecule has 0 fully saturated rings. The number of sulfonamides is 1. The highest BCUT2D eigenvalue weighted by Gasteiger charge is 2.14. The van der Waals surface area contributed by atoms with E-state index >= 15 is 0 Å². The Hall–Kier alpha value is -1.27. The van der Waals surface area contributed by atoms with Crippen molar-refractivity contribution >= 4 is 38.9 Å². The maximum Gasteiger partial charge on any atom is 0.240 e. The summed E-state index contributed by atoms with van der Waals surface area (Å²) in [6.45, 7) is 0.144. The third-order valence-corrected chi connectivity index (χ3v) is 4.60. The second-order valence-electron chi connectivity index (χ2n) is 4.14. The quantitative estimate of drug-likeness (QED) is 0.846. The van der Waals surface area contributed by atoms with Crippen molar-refractivity contribution in [3.05, 3.63) is 58.1 Å². The molecule has 2 aromatic rings. The van der Waals surface area contributed by atoms with Crippen LogP contribution in [0.5, 0.6) is 0 Å². The molecule has 0 aliphatic heterocycles. The van der Waals surface area contributed by atoms with E-state index < -0.39 is 10.0 Å². The number of hydrogen-bond donors (Lipinski definition) is 2. The van der Waals surface area contributed by atoms with Crippen LogP contribution < -0.4 is 10.5 Å². The molecule has 4 nitrogen and oxygen atoms in total. The third-order valence-electron chi connectivity index (χ3n) is 2.64. The molecule has 0 saturated carbocycles. The molecule has 0 bridgehead atoms. The van der Waals surface area contributed by atoms with Gasteiger partial charge >= 0.3 is 0 Å². The minimum absolute atomic E-state index is 0.0683. The van der Waals surface area contributed by atoms with Crippen molar-refractivity contribution in [1.82, 2.24) is 4.72 Å². The summed E-state index contributed by atoms with van der Waals surface area (Å²) in [5.41, 5.74) is 6.65. The molecule has 20 heavy (non-hydrogen) atoms. The van der Waals surface area contributed by atoms with E-state index in [0.29, 0.717) is 10.7 Å². The molecule has 0 aliphatic carbocycles. The first-order valence-corrected chi connectivity index (χ1v) is 7.91. The van der Waals surface area contributed by atoms with E-state index in [9.17, 15) is 8.42 Å². The Morgan fingerprint density at radius 1 is 1.10 bits per heavy atom. The molecule has 106 valence electrons. The van der Waals surface area contributed by atoms with Gasteiger partial charge in [0.1, 0.15) is 0 Å². The van der Waals surface area contributed by atoms with E-state index in [2.05, 4.69) is 4.72 Å². The minimum Gasteiger partial charge on any atom is -0.398 e. The first-order chi connectivity index (χ1) is 9.38. The van der Waals surface area contributed by atoms with Crippen LogP contribution in [-0.4, -0.2) is 8.42 Å². The lowest BCUT2D eigenvalue weighted by molar-refractivity contribution is 0.581. The number of benzene rings is 2. The van der Waals surface area contributed by atoms with Gasteiger partial charge in [0.15, 0.2) is 0 Å². The van der Waals surface area contributed by atoms with Crippen molar-refractivity contribution < 1.29 is 8.42 Å². The predicted octanol–water partition coefficient (Wildman–Crippen LogP) is 3.05. The first kappa shape index (κ1) is 15.1. The van der Waals surface area contributed by atoms with Crippen molar-refractivity contribution in [1.29, 1.82) is 0 Å². The van der Waals surface area contributed by atoms with Gasteiger partial charge < -0.3 is 5.73 Å². The van der Waals surface area contributed by atoms with Gasteiger partial charge in [0.25, 0.3) is 0 Å². The van der Waals surface area contributed by atoms with Crippen LogP contribution in [0.25, 0.3) is 0 Å². The number of halogens is 2. The molecule has 7 heteroatoms. The lowest BCUT2D eigenvalue weighted by atomic mass is 10.2. The van der Waals surface area contributed by atoms with E-state index in [1.165, 1.54) is 18.2 Å². The third kappa shape index (κ3) is 3.64. The summed E-state index contributed by atoms with van der Waals surface area (Å²) < 4.78 is 26.7. The Morgan fingerprint density at radius 2 is 1.85 bits per heavy atom. The summed E-state index contributed by atoms with van der Waals surface area (Å²) in [6, 6.07) is 11.1. The van der Waals surface area contributed by atoms with Crippen LogP contribution in [0.3, 0.4) is 0 Å². The summed E-state index contributed by atoms with van der Waals surface area (Å²) in [5, 5.41) is 0.757. The summed E-state index contributed by atoms with van der Waals surface area (Å²) in [7, 11) is -3.64. The number of hydrogen-bond acceptors (Lipinski definition) is 3. The Kier molecular flexibility index (Phi) is 4.55. The zero-order valence-corrected chi connectivity index (χ0v) is 12.6. The van der Waals surface area contributed by atoms with Gasteiger partial charge in [0.2, 0.25) is 10.0 Å². The highest BCUT2D eigenvalue weighted by molar-refractivity contribution is 7.89. The van der Waals surface area contributed by atoms with Crippen LogP contribution >= 0.6 is 23.2 Å². The lowest BCUT2D eigenvalue weighted by Gasteiger charge is -2.08. The van der Waals surface area contributed by atoms with Crippen molar-refractivity contribution in [3.63, 3.8) is 0 Å². The van der Waals surface area contributed by atoms with E-state index in [0.717, 1.165) is 5.56 Å². The monoisotopic (exact) mass is 330 g/mol. The van der Waals surface area contributed by atoms with Gasteiger partial charge in [-0.2, -0.15) is 0 Å². The topological polar surface area (TPSA) is 72.2 Å². The average molecular weight is 331 g/mol. The normalized spacial score (nSPS) is 11.5. The minimum atomic E-state index is -3.64. The zero-order valence-electron chi connectivity index (χ0n) is 10.3. The molecule has 2 rings (SSSR count). The molecular formula is C13H12Cl2N2O2S. The second-order valence-corrected chi connectivity index (χ2v) is 6.75. The molecule has 0 aromatic heterocycles. The zero-order chi connectivity index (χ0) is 14.8. The number of nitrogen functional groups attached to an aromatic ring is 1. The van der Waals surface area contributed by atoms with Gasteiger partial charge in [-0.05, 0) is 35.9 Å². The molecule has 0 spiro atoms. The summed E-state index contributed by atoms with van der Waals surface area (Å²) >= 11 is 11.7. The fourth-order valence-electron chi connectivity index (χ4n) is 1.58. The van der Waals surface area contributed by atoms with E-state index in [4.69, 9.17) is 28.9 Å². The number of nitrogens with one attached hydrogen (secondary N) is 1. The summed E-state index contributed by atoms with van der Waals surface area (Å²) in [6.07, 6.45) is 0. The van der Waals surface area contributed by atoms with Crippen LogP contribution in [0.2, 0.25) is 10.0 Å². The van der Waals surface area contributed by atoms with Gasteiger partial charge in [-0.3, -0.25) is 0 Å². The van der Waals surface area contributed by atoms with Crippen molar-refractivity contribution in [2.75, 3.05) is 5.73 Å². The smallest absolute Gasteiger partial charge is 0.240 e. The van der Waals surface area contributed by atoms with Crippen molar-refractivity contribution in [2.24, 2.45) is 0 Å². The summed E-state index contributed by atoms with van der Waals surface area (Å²) in [5.74, 6) is 0. The molecule has 0 heterocycles. The predicted molar refractivity (Wildman–Crippen MR) is 81.3 cm³/mol.